The van der Waals surface area contributed by atoms with Gasteiger partial charge in [-0.25, -0.2) is 0 Å². The average Bonchev–Trinajstić information content (AvgIpc) is 3.02. The van der Waals surface area contributed by atoms with Crippen LogP contribution in [0.4, 0.5) is 4.79 Å². The number of imide groups is 1. The van der Waals surface area contributed by atoms with Crippen LogP contribution in [0.1, 0.15) is 21.5 Å². The molecule has 0 radical (unpaired) electrons. The van der Waals surface area contributed by atoms with Crippen molar-refractivity contribution >= 4 is 34.8 Å². The highest BCUT2D eigenvalue weighted by atomic mass is 32.2. The number of phenolic OH excluding ortho intramolecular Hbond substituents is 1. The number of Topliss-reactive ketones (excluding diaryl/α,β-unsaturated/α-hetero) is 1. The lowest BCUT2D eigenvalue weighted by Crippen LogP contribution is -2.25. The predicted octanol–water partition coefficient (Wildman–Crippen LogP) is 2.95. The van der Waals surface area contributed by atoms with E-state index in [-0.39, 0.29) is 29.3 Å². The van der Waals surface area contributed by atoms with Gasteiger partial charge in [0.1, 0.15) is 12.4 Å². The number of fused-ring (bicyclic) bond motifs is 1. The molecule has 2 amide bonds. The Morgan fingerprint density at radius 3 is 2.79 bits per heavy atom. The zero-order chi connectivity index (χ0) is 20.5. The molecule has 0 aliphatic carbocycles. The number of ether oxygens (including phenoxy) is 2. The van der Waals surface area contributed by atoms with Crippen molar-refractivity contribution in [1.82, 2.24) is 5.32 Å². The summed E-state index contributed by atoms with van der Waals surface area (Å²) in [5, 5.41) is 11.1. The van der Waals surface area contributed by atoms with Crippen LogP contribution in [-0.2, 0) is 11.2 Å². The van der Waals surface area contributed by atoms with Gasteiger partial charge in [0.05, 0.1) is 17.9 Å². The Balaban J connectivity index is 1.59. The monoisotopic (exact) mass is 411 g/mol. The molecule has 1 unspecified atom stereocenters. The van der Waals surface area contributed by atoms with Crippen LogP contribution < -0.4 is 14.8 Å². The van der Waals surface area contributed by atoms with Gasteiger partial charge < -0.3 is 14.6 Å². The largest absolute Gasteiger partial charge is 0.504 e. The molecule has 0 aromatic heterocycles. The van der Waals surface area contributed by atoms with E-state index < -0.39 is 5.25 Å². The number of nitrogens with one attached hydrogen (secondary N) is 1. The van der Waals surface area contributed by atoms with Crippen molar-refractivity contribution in [3.63, 3.8) is 0 Å². The minimum Gasteiger partial charge on any atom is -0.504 e. The van der Waals surface area contributed by atoms with Gasteiger partial charge in [0.2, 0.25) is 5.91 Å². The zero-order valence-corrected chi connectivity index (χ0v) is 16.2. The predicted molar refractivity (Wildman–Crippen MR) is 108 cm³/mol. The molecule has 1 atom stereocenters. The number of phenols is 1. The minimum absolute atomic E-state index is 0.0168. The molecule has 1 saturated heterocycles. The van der Waals surface area contributed by atoms with Crippen LogP contribution >= 0.6 is 11.8 Å². The second-order valence-electron chi connectivity index (χ2n) is 6.64. The number of methoxy groups -OCH3 is 1. The van der Waals surface area contributed by atoms with Gasteiger partial charge in [-0.2, -0.15) is 0 Å². The lowest BCUT2D eigenvalue weighted by molar-refractivity contribution is -0.118. The van der Waals surface area contributed by atoms with Crippen LogP contribution in [0.15, 0.2) is 42.0 Å². The number of benzene rings is 2. The molecule has 2 aromatic carbocycles. The molecule has 0 saturated carbocycles. The fourth-order valence-corrected chi connectivity index (χ4v) is 4.10. The third-order valence-corrected chi connectivity index (χ3v) is 5.68. The molecular weight excluding hydrogens is 394 g/mol. The first-order valence-electron chi connectivity index (χ1n) is 8.84. The summed E-state index contributed by atoms with van der Waals surface area (Å²) in [6.45, 7) is 0.129. The van der Waals surface area contributed by atoms with Gasteiger partial charge in [-0.05, 0) is 47.9 Å². The number of carbonyl (C=O) groups excluding carboxylic acids is 3. The summed E-state index contributed by atoms with van der Waals surface area (Å²) in [5.74, 6) is 0.331. The molecule has 2 aliphatic heterocycles. The first-order chi connectivity index (χ1) is 13.9. The molecule has 148 valence electrons. The van der Waals surface area contributed by atoms with Crippen LogP contribution in [0.25, 0.3) is 6.08 Å². The van der Waals surface area contributed by atoms with Crippen LogP contribution in [0.3, 0.4) is 0 Å². The molecule has 2 N–H and O–H groups in total. The van der Waals surface area contributed by atoms with Gasteiger partial charge in [-0.15, -0.1) is 0 Å². The van der Waals surface area contributed by atoms with Gasteiger partial charge in [0, 0.05) is 5.57 Å². The molecule has 2 heterocycles. The number of hydrogen-bond donors (Lipinski definition) is 2. The van der Waals surface area contributed by atoms with E-state index >= 15 is 0 Å². The van der Waals surface area contributed by atoms with Crippen molar-refractivity contribution < 1.29 is 29.0 Å². The van der Waals surface area contributed by atoms with Gasteiger partial charge in [-0.1, -0.05) is 23.9 Å². The second-order valence-corrected chi connectivity index (χ2v) is 7.81. The van der Waals surface area contributed by atoms with Crippen LogP contribution in [-0.4, -0.2) is 41.0 Å². The highest BCUT2D eigenvalue weighted by molar-refractivity contribution is 8.15. The maximum absolute atomic E-state index is 13.0. The van der Waals surface area contributed by atoms with Crippen molar-refractivity contribution in [3.8, 4) is 17.2 Å². The summed E-state index contributed by atoms with van der Waals surface area (Å²) in [6.07, 6.45) is 2.04. The summed E-state index contributed by atoms with van der Waals surface area (Å²) in [5.41, 5.74) is 2.35. The summed E-state index contributed by atoms with van der Waals surface area (Å²) >= 11 is 0.954. The molecule has 4 rings (SSSR count). The smallest absolute Gasteiger partial charge is 0.286 e. The Bertz CT molecular complexity index is 1060. The molecule has 0 spiro atoms. The third kappa shape index (κ3) is 3.84. The Hall–Kier alpha value is -3.26. The number of thioether (sulfide) groups is 1. The van der Waals surface area contributed by atoms with E-state index in [1.54, 1.807) is 36.4 Å². The van der Waals surface area contributed by atoms with Crippen molar-refractivity contribution in [3.05, 3.63) is 58.7 Å². The lowest BCUT2D eigenvalue weighted by Gasteiger charge is -2.20. The molecular formula is C21H17NO6S. The second kappa shape index (κ2) is 7.63. The van der Waals surface area contributed by atoms with Crippen molar-refractivity contribution in [2.45, 2.75) is 11.7 Å². The number of amides is 2. The van der Waals surface area contributed by atoms with Gasteiger partial charge in [0.15, 0.2) is 17.3 Å². The SMILES string of the molecule is COc1cc(C=C2COc3ccc(CC4SC(=O)NC4=O)cc3C2=O)ccc1O. The van der Waals surface area contributed by atoms with Crippen LogP contribution in [0, 0.1) is 0 Å². The Morgan fingerprint density at radius 2 is 2.07 bits per heavy atom. The van der Waals surface area contributed by atoms with Gasteiger partial charge in [-0.3, -0.25) is 19.7 Å². The van der Waals surface area contributed by atoms with E-state index in [1.807, 2.05) is 0 Å². The number of rotatable bonds is 4. The fraction of sp³-hybridized carbons (Fsp3) is 0.190. The van der Waals surface area contributed by atoms with E-state index in [4.69, 9.17) is 9.47 Å². The van der Waals surface area contributed by atoms with Crippen LogP contribution in [0.2, 0.25) is 0 Å². The number of hydrogen-bond acceptors (Lipinski definition) is 7. The highest BCUT2D eigenvalue weighted by Gasteiger charge is 2.32. The standard InChI is InChI=1S/C21H17NO6S/c1-27-17-8-11(2-4-15(17)23)6-13-10-28-16-5-3-12(7-14(16)19(13)24)9-18-20(25)22-21(26)29-18/h2-8,18,23H,9-10H2,1H3,(H,22,25,26). The summed E-state index contributed by atoms with van der Waals surface area (Å²) in [7, 11) is 1.45. The molecule has 0 bridgehead atoms. The van der Waals surface area contributed by atoms with E-state index in [1.165, 1.54) is 13.2 Å². The molecule has 29 heavy (non-hydrogen) atoms. The number of ketones is 1. The highest BCUT2D eigenvalue weighted by Crippen LogP contribution is 2.32. The maximum Gasteiger partial charge on any atom is 0.286 e. The Kier molecular flexibility index (Phi) is 5.02. The average molecular weight is 411 g/mol. The fourth-order valence-electron chi connectivity index (χ4n) is 3.24. The van der Waals surface area contributed by atoms with Crippen molar-refractivity contribution in [1.29, 1.82) is 0 Å². The Labute approximate surface area is 170 Å². The maximum atomic E-state index is 13.0. The van der Waals surface area contributed by atoms with Crippen molar-refractivity contribution in [2.24, 2.45) is 0 Å². The van der Waals surface area contributed by atoms with E-state index in [9.17, 15) is 19.5 Å². The number of carbonyl (C=O) groups is 3. The molecule has 2 aromatic rings. The normalized spacial score (nSPS) is 19.7. The number of aromatic hydroxyl groups is 1. The molecule has 7 nitrogen and oxygen atoms in total. The molecule has 8 heteroatoms. The summed E-state index contributed by atoms with van der Waals surface area (Å²) < 4.78 is 10.8. The molecule has 2 aliphatic rings. The summed E-state index contributed by atoms with van der Waals surface area (Å²) in [4.78, 5) is 36.1. The van der Waals surface area contributed by atoms with Gasteiger partial charge >= 0.3 is 0 Å². The quantitative estimate of drug-likeness (QED) is 0.746. The topological polar surface area (TPSA) is 102 Å². The van der Waals surface area contributed by atoms with E-state index in [0.29, 0.717) is 34.6 Å². The first-order valence-corrected chi connectivity index (χ1v) is 9.72. The minimum atomic E-state index is -0.500. The van der Waals surface area contributed by atoms with E-state index in [0.717, 1.165) is 17.3 Å². The Morgan fingerprint density at radius 1 is 1.24 bits per heavy atom. The van der Waals surface area contributed by atoms with Crippen molar-refractivity contribution in [2.75, 3.05) is 13.7 Å². The zero-order valence-electron chi connectivity index (χ0n) is 15.4. The lowest BCUT2D eigenvalue weighted by atomic mass is 9.95. The van der Waals surface area contributed by atoms with Crippen LogP contribution in [0.5, 0.6) is 17.2 Å². The third-order valence-electron chi connectivity index (χ3n) is 4.70. The summed E-state index contributed by atoms with van der Waals surface area (Å²) in [6, 6.07) is 10.0. The van der Waals surface area contributed by atoms with Gasteiger partial charge in [0.25, 0.3) is 5.24 Å². The molecule has 1 fully saturated rings. The van der Waals surface area contributed by atoms with E-state index in [2.05, 4.69) is 5.32 Å². The first kappa shape index (κ1) is 19.1.